The zero-order chi connectivity index (χ0) is 13.8. The maximum atomic E-state index is 11.7. The lowest BCUT2D eigenvalue weighted by molar-refractivity contribution is 0.0913. The number of nitrogens with one attached hydrogen (secondary N) is 1. The molecule has 0 unspecified atom stereocenters. The van der Waals surface area contributed by atoms with Gasteiger partial charge in [-0.15, -0.1) is 0 Å². The van der Waals surface area contributed by atoms with E-state index in [0.29, 0.717) is 10.7 Å². The van der Waals surface area contributed by atoms with E-state index in [4.69, 9.17) is 22.1 Å². The highest BCUT2D eigenvalue weighted by Gasteiger charge is 2.12. The van der Waals surface area contributed by atoms with E-state index in [1.807, 2.05) is 13.8 Å². The first-order chi connectivity index (χ1) is 8.30. The van der Waals surface area contributed by atoms with Crippen LogP contribution in [0.1, 0.15) is 13.8 Å². The van der Waals surface area contributed by atoms with Crippen LogP contribution in [0.15, 0.2) is 18.2 Å². The van der Waals surface area contributed by atoms with Crippen LogP contribution < -0.4 is 10.5 Å². The summed E-state index contributed by atoms with van der Waals surface area (Å²) >= 11 is 5.73. The summed E-state index contributed by atoms with van der Waals surface area (Å²) in [5.41, 5.74) is 6.27. The normalized spacial score (nSPS) is 11.8. The third-order valence-electron chi connectivity index (χ3n) is 2.08. The van der Waals surface area contributed by atoms with Crippen molar-refractivity contribution in [2.45, 2.75) is 20.0 Å². The number of benzene rings is 1. The van der Waals surface area contributed by atoms with Crippen LogP contribution >= 0.6 is 11.6 Å². The van der Waals surface area contributed by atoms with Gasteiger partial charge < -0.3 is 10.5 Å². The van der Waals surface area contributed by atoms with Crippen molar-refractivity contribution in [1.82, 2.24) is 0 Å². The van der Waals surface area contributed by atoms with Gasteiger partial charge in [0, 0.05) is 5.02 Å². The summed E-state index contributed by atoms with van der Waals surface area (Å²) in [6, 6.07) is 4.59. The second-order valence-electron chi connectivity index (χ2n) is 4.07. The van der Waals surface area contributed by atoms with Crippen molar-refractivity contribution in [3.8, 4) is 0 Å². The Hall–Kier alpha value is -0.980. The minimum Gasteiger partial charge on any atom is -0.397 e. The Morgan fingerprint density at radius 1 is 1.44 bits per heavy atom. The van der Waals surface area contributed by atoms with Crippen molar-refractivity contribution < 1.29 is 13.2 Å². The van der Waals surface area contributed by atoms with Crippen LogP contribution in [0.5, 0.6) is 0 Å². The molecule has 0 bridgehead atoms. The van der Waals surface area contributed by atoms with E-state index in [0.717, 1.165) is 0 Å². The molecule has 0 radical (unpaired) electrons. The lowest BCUT2D eigenvalue weighted by Gasteiger charge is -2.11. The van der Waals surface area contributed by atoms with Crippen LogP contribution in [-0.4, -0.2) is 26.9 Å². The van der Waals surface area contributed by atoms with Gasteiger partial charge in [-0.2, -0.15) is 0 Å². The standard InChI is InChI=1S/C11H17ClN2O3S/c1-8(2)17-5-6-18(15,16)14-11-4-3-9(12)7-10(11)13/h3-4,7-8,14H,5-6,13H2,1-2H3. The Morgan fingerprint density at radius 2 is 2.11 bits per heavy atom. The molecule has 0 saturated carbocycles. The van der Waals surface area contributed by atoms with Crippen molar-refractivity contribution in [3.63, 3.8) is 0 Å². The number of rotatable bonds is 6. The Labute approximate surface area is 112 Å². The number of hydrogen-bond acceptors (Lipinski definition) is 4. The van der Waals surface area contributed by atoms with Crippen molar-refractivity contribution in [3.05, 3.63) is 23.2 Å². The Bertz CT molecular complexity index is 503. The van der Waals surface area contributed by atoms with Crippen molar-refractivity contribution in [2.24, 2.45) is 0 Å². The molecule has 0 aliphatic heterocycles. The summed E-state index contributed by atoms with van der Waals surface area (Å²) in [7, 11) is -3.46. The summed E-state index contributed by atoms with van der Waals surface area (Å²) < 4.78 is 31.1. The second-order valence-corrected chi connectivity index (χ2v) is 6.35. The average Bonchev–Trinajstić information content (AvgIpc) is 2.21. The molecular weight excluding hydrogens is 276 g/mol. The van der Waals surface area contributed by atoms with Crippen molar-refractivity contribution >= 4 is 33.0 Å². The van der Waals surface area contributed by atoms with E-state index in [1.165, 1.54) is 12.1 Å². The number of sulfonamides is 1. The first-order valence-electron chi connectivity index (χ1n) is 5.47. The minimum atomic E-state index is -3.46. The van der Waals surface area contributed by atoms with Gasteiger partial charge in [0.15, 0.2) is 0 Å². The molecule has 1 rings (SSSR count). The first kappa shape index (κ1) is 15.1. The fraction of sp³-hybridized carbons (Fsp3) is 0.455. The zero-order valence-electron chi connectivity index (χ0n) is 10.3. The number of halogens is 1. The van der Waals surface area contributed by atoms with Gasteiger partial charge in [0.2, 0.25) is 10.0 Å². The molecule has 7 heteroatoms. The van der Waals surface area contributed by atoms with Crippen molar-refractivity contribution in [1.29, 1.82) is 0 Å². The van der Waals surface area contributed by atoms with Crippen LogP contribution in [0, 0.1) is 0 Å². The van der Waals surface area contributed by atoms with Crippen LogP contribution in [0.4, 0.5) is 11.4 Å². The third kappa shape index (κ3) is 5.12. The van der Waals surface area contributed by atoms with Crippen LogP contribution in [-0.2, 0) is 14.8 Å². The molecule has 0 aromatic heterocycles. The van der Waals surface area contributed by atoms with E-state index >= 15 is 0 Å². The highest BCUT2D eigenvalue weighted by Crippen LogP contribution is 2.23. The van der Waals surface area contributed by atoms with Gasteiger partial charge in [-0.25, -0.2) is 8.42 Å². The average molecular weight is 293 g/mol. The number of nitrogens with two attached hydrogens (primary N) is 1. The van der Waals surface area contributed by atoms with E-state index in [9.17, 15) is 8.42 Å². The van der Waals surface area contributed by atoms with Gasteiger partial charge in [-0.1, -0.05) is 11.6 Å². The first-order valence-corrected chi connectivity index (χ1v) is 7.50. The molecule has 5 nitrogen and oxygen atoms in total. The van der Waals surface area contributed by atoms with Gasteiger partial charge in [-0.3, -0.25) is 4.72 Å². The molecule has 1 aromatic carbocycles. The molecule has 0 spiro atoms. The number of ether oxygens (including phenoxy) is 1. The van der Waals surface area contributed by atoms with Crippen molar-refractivity contribution in [2.75, 3.05) is 22.8 Å². The number of hydrogen-bond donors (Lipinski definition) is 2. The van der Waals surface area contributed by atoms with Crippen LogP contribution in [0.2, 0.25) is 5.02 Å². The minimum absolute atomic E-state index is 0.000742. The fourth-order valence-electron chi connectivity index (χ4n) is 1.24. The Morgan fingerprint density at radius 3 is 2.67 bits per heavy atom. The molecule has 0 aliphatic rings. The Balaban J connectivity index is 2.65. The molecule has 1 aromatic rings. The van der Waals surface area contributed by atoms with E-state index < -0.39 is 10.0 Å². The second kappa shape index (κ2) is 6.26. The van der Waals surface area contributed by atoms with E-state index in [1.54, 1.807) is 6.07 Å². The van der Waals surface area contributed by atoms with Gasteiger partial charge in [0.05, 0.1) is 29.8 Å². The van der Waals surface area contributed by atoms with E-state index in [-0.39, 0.29) is 24.2 Å². The SMILES string of the molecule is CC(C)OCCS(=O)(=O)Nc1ccc(Cl)cc1N. The quantitative estimate of drug-likeness (QED) is 0.787. The molecule has 18 heavy (non-hydrogen) atoms. The van der Waals surface area contributed by atoms with Gasteiger partial charge >= 0.3 is 0 Å². The molecular formula is C11H17ClN2O3S. The number of nitrogen functional groups attached to an aromatic ring is 1. The largest absolute Gasteiger partial charge is 0.397 e. The molecule has 102 valence electrons. The molecule has 0 aliphatic carbocycles. The summed E-state index contributed by atoms with van der Waals surface area (Å²) in [6.07, 6.45) is 0.000742. The number of anilines is 2. The Kier molecular flexibility index (Phi) is 5.25. The summed E-state index contributed by atoms with van der Waals surface area (Å²) in [6.45, 7) is 3.83. The van der Waals surface area contributed by atoms with Gasteiger partial charge in [0.25, 0.3) is 0 Å². The maximum absolute atomic E-state index is 11.7. The zero-order valence-corrected chi connectivity index (χ0v) is 11.9. The van der Waals surface area contributed by atoms with Crippen LogP contribution in [0.3, 0.4) is 0 Å². The predicted octanol–water partition coefficient (Wildman–Crippen LogP) is 2.09. The lowest BCUT2D eigenvalue weighted by atomic mass is 10.3. The topological polar surface area (TPSA) is 81.4 Å². The third-order valence-corrected chi connectivity index (χ3v) is 3.55. The molecule has 0 fully saturated rings. The lowest BCUT2D eigenvalue weighted by Crippen LogP contribution is -2.22. The summed E-state index contributed by atoms with van der Waals surface area (Å²) in [5, 5.41) is 0.457. The maximum Gasteiger partial charge on any atom is 0.235 e. The highest BCUT2D eigenvalue weighted by atomic mass is 35.5. The summed E-state index contributed by atoms with van der Waals surface area (Å²) in [5.74, 6) is -0.118. The molecule has 0 heterocycles. The van der Waals surface area contributed by atoms with Gasteiger partial charge in [-0.05, 0) is 32.0 Å². The predicted molar refractivity (Wildman–Crippen MR) is 74.4 cm³/mol. The molecule has 3 N–H and O–H groups in total. The van der Waals surface area contributed by atoms with Crippen LogP contribution in [0.25, 0.3) is 0 Å². The summed E-state index contributed by atoms with van der Waals surface area (Å²) in [4.78, 5) is 0. The molecule has 0 saturated heterocycles. The molecule has 0 atom stereocenters. The van der Waals surface area contributed by atoms with E-state index in [2.05, 4.69) is 4.72 Å². The fourth-order valence-corrected chi connectivity index (χ4v) is 2.36. The monoisotopic (exact) mass is 292 g/mol. The van der Waals surface area contributed by atoms with Gasteiger partial charge in [0.1, 0.15) is 0 Å². The molecule has 0 amide bonds. The highest BCUT2D eigenvalue weighted by molar-refractivity contribution is 7.92. The smallest absolute Gasteiger partial charge is 0.235 e.